The lowest BCUT2D eigenvalue weighted by Crippen LogP contribution is -2.17. The lowest BCUT2D eigenvalue weighted by Gasteiger charge is -2.25. The number of carbonyl (C=O) groups is 2. The third-order valence-corrected chi connectivity index (χ3v) is 4.09. The molecule has 0 unspecified atom stereocenters. The molecule has 1 aliphatic carbocycles. The summed E-state index contributed by atoms with van der Waals surface area (Å²) in [5.41, 5.74) is 0.932. The molecule has 110 valence electrons. The summed E-state index contributed by atoms with van der Waals surface area (Å²) in [4.78, 5) is 27.1. The molecular weight excluding hydrogens is 290 g/mol. The van der Waals surface area contributed by atoms with E-state index in [2.05, 4.69) is 20.7 Å². The minimum absolute atomic E-state index is 0.210. The molecular formula is C13H15N5O2S. The molecule has 1 fully saturated rings. The van der Waals surface area contributed by atoms with E-state index in [1.165, 1.54) is 24.7 Å². The summed E-state index contributed by atoms with van der Waals surface area (Å²) >= 11 is 1.21. The van der Waals surface area contributed by atoms with Crippen LogP contribution in [-0.2, 0) is 4.79 Å². The molecule has 0 aliphatic heterocycles. The third kappa shape index (κ3) is 3.10. The monoisotopic (exact) mass is 305 g/mol. The van der Waals surface area contributed by atoms with Gasteiger partial charge in [0.25, 0.3) is 5.91 Å². The maximum atomic E-state index is 12.1. The molecule has 2 heterocycles. The van der Waals surface area contributed by atoms with Gasteiger partial charge in [-0.1, -0.05) is 0 Å². The molecule has 2 aromatic heterocycles. The first kappa shape index (κ1) is 13.7. The van der Waals surface area contributed by atoms with Gasteiger partial charge in [-0.25, -0.2) is 4.98 Å². The highest BCUT2D eigenvalue weighted by molar-refractivity contribution is 7.14. The molecule has 0 atom stereocenters. The van der Waals surface area contributed by atoms with Crippen molar-refractivity contribution in [3.63, 3.8) is 0 Å². The van der Waals surface area contributed by atoms with Crippen LogP contribution in [0.15, 0.2) is 17.8 Å². The van der Waals surface area contributed by atoms with E-state index in [4.69, 9.17) is 0 Å². The Morgan fingerprint density at radius 3 is 2.86 bits per heavy atom. The Balaban J connectivity index is 1.63. The van der Waals surface area contributed by atoms with Gasteiger partial charge in [-0.2, -0.15) is 5.10 Å². The van der Waals surface area contributed by atoms with Crippen LogP contribution in [0, 0.1) is 0 Å². The van der Waals surface area contributed by atoms with E-state index >= 15 is 0 Å². The Morgan fingerprint density at radius 1 is 1.38 bits per heavy atom. The van der Waals surface area contributed by atoms with Crippen molar-refractivity contribution < 1.29 is 9.59 Å². The summed E-state index contributed by atoms with van der Waals surface area (Å²) in [5.74, 6) is -0.519. The van der Waals surface area contributed by atoms with Crippen LogP contribution in [0.4, 0.5) is 10.8 Å². The zero-order valence-electron chi connectivity index (χ0n) is 11.5. The van der Waals surface area contributed by atoms with Crippen LogP contribution < -0.4 is 10.6 Å². The van der Waals surface area contributed by atoms with Crippen LogP contribution in [0.25, 0.3) is 0 Å². The Hall–Kier alpha value is -2.22. The summed E-state index contributed by atoms with van der Waals surface area (Å²) in [7, 11) is 0. The first-order valence-corrected chi connectivity index (χ1v) is 7.58. The molecule has 0 saturated heterocycles. The van der Waals surface area contributed by atoms with E-state index in [1.807, 2.05) is 10.9 Å². The number of rotatable bonds is 4. The Morgan fingerprint density at radius 2 is 2.19 bits per heavy atom. The zero-order valence-corrected chi connectivity index (χ0v) is 12.3. The number of amides is 2. The minimum Gasteiger partial charge on any atom is -0.318 e. The molecule has 2 N–H and O–H groups in total. The second-order valence-electron chi connectivity index (χ2n) is 4.97. The highest BCUT2D eigenvalue weighted by Gasteiger charge is 2.20. The van der Waals surface area contributed by atoms with Gasteiger partial charge in [-0.3, -0.25) is 14.3 Å². The van der Waals surface area contributed by atoms with Crippen molar-refractivity contribution in [2.75, 3.05) is 10.6 Å². The van der Waals surface area contributed by atoms with Gasteiger partial charge < -0.3 is 10.6 Å². The lowest BCUT2D eigenvalue weighted by molar-refractivity contribution is -0.114. The summed E-state index contributed by atoms with van der Waals surface area (Å²) in [6.45, 7) is 1.40. The van der Waals surface area contributed by atoms with E-state index in [9.17, 15) is 9.59 Å². The zero-order chi connectivity index (χ0) is 14.8. The van der Waals surface area contributed by atoms with Crippen LogP contribution in [0.3, 0.4) is 0 Å². The maximum Gasteiger partial charge on any atom is 0.275 e. The predicted octanol–water partition coefficient (Wildman–Crippen LogP) is 2.28. The van der Waals surface area contributed by atoms with Crippen molar-refractivity contribution in [2.45, 2.75) is 32.2 Å². The molecule has 1 saturated carbocycles. The Labute approximate surface area is 125 Å². The molecule has 0 bridgehead atoms. The van der Waals surface area contributed by atoms with Gasteiger partial charge in [0.2, 0.25) is 5.91 Å². The number of aromatic nitrogens is 3. The van der Waals surface area contributed by atoms with E-state index < -0.39 is 0 Å². The van der Waals surface area contributed by atoms with Crippen molar-refractivity contribution in [1.29, 1.82) is 0 Å². The number of nitrogens with zero attached hydrogens (tertiary/aromatic N) is 3. The van der Waals surface area contributed by atoms with Gasteiger partial charge >= 0.3 is 0 Å². The molecule has 7 nitrogen and oxygen atoms in total. The number of nitrogens with one attached hydrogen (secondary N) is 2. The van der Waals surface area contributed by atoms with E-state index in [0.29, 0.717) is 16.9 Å². The summed E-state index contributed by atoms with van der Waals surface area (Å²) in [6.07, 6.45) is 6.99. The third-order valence-electron chi connectivity index (χ3n) is 3.33. The molecule has 8 heteroatoms. The van der Waals surface area contributed by atoms with E-state index in [1.54, 1.807) is 11.6 Å². The average Bonchev–Trinajstić information content (AvgIpc) is 2.96. The molecule has 2 amide bonds. The van der Waals surface area contributed by atoms with Gasteiger partial charge in [0.05, 0.1) is 17.9 Å². The quantitative estimate of drug-likeness (QED) is 0.907. The van der Waals surface area contributed by atoms with Crippen molar-refractivity contribution in [3.8, 4) is 0 Å². The van der Waals surface area contributed by atoms with Gasteiger partial charge in [0.15, 0.2) is 5.13 Å². The second kappa shape index (κ2) is 5.65. The summed E-state index contributed by atoms with van der Waals surface area (Å²) in [5, 5.41) is 11.6. The average molecular weight is 305 g/mol. The van der Waals surface area contributed by atoms with Crippen LogP contribution in [0.2, 0.25) is 0 Å². The second-order valence-corrected chi connectivity index (χ2v) is 5.83. The highest BCUT2D eigenvalue weighted by atomic mass is 32.1. The predicted molar refractivity (Wildman–Crippen MR) is 79.5 cm³/mol. The van der Waals surface area contributed by atoms with Crippen LogP contribution >= 0.6 is 11.3 Å². The largest absolute Gasteiger partial charge is 0.318 e. The van der Waals surface area contributed by atoms with Crippen molar-refractivity contribution >= 4 is 34.0 Å². The van der Waals surface area contributed by atoms with Gasteiger partial charge in [-0.15, -0.1) is 11.3 Å². The van der Waals surface area contributed by atoms with E-state index in [0.717, 1.165) is 12.8 Å². The van der Waals surface area contributed by atoms with E-state index in [-0.39, 0.29) is 17.5 Å². The smallest absolute Gasteiger partial charge is 0.275 e. The van der Waals surface area contributed by atoms with Gasteiger partial charge in [0.1, 0.15) is 5.69 Å². The Bertz CT molecular complexity index is 674. The van der Waals surface area contributed by atoms with Crippen molar-refractivity contribution in [2.24, 2.45) is 0 Å². The summed E-state index contributed by atoms with van der Waals surface area (Å²) < 4.78 is 1.89. The van der Waals surface area contributed by atoms with Crippen molar-refractivity contribution in [1.82, 2.24) is 14.8 Å². The maximum absolute atomic E-state index is 12.1. The minimum atomic E-state index is -0.309. The molecule has 21 heavy (non-hydrogen) atoms. The number of anilines is 2. The number of thiazole rings is 1. The van der Waals surface area contributed by atoms with Crippen LogP contribution in [-0.4, -0.2) is 26.6 Å². The number of hydrogen-bond donors (Lipinski definition) is 2. The van der Waals surface area contributed by atoms with Crippen LogP contribution in [0.5, 0.6) is 0 Å². The van der Waals surface area contributed by atoms with Crippen molar-refractivity contribution in [3.05, 3.63) is 23.5 Å². The van der Waals surface area contributed by atoms with Gasteiger partial charge in [0, 0.05) is 18.5 Å². The molecule has 2 aromatic rings. The number of hydrogen-bond acceptors (Lipinski definition) is 5. The van der Waals surface area contributed by atoms with Gasteiger partial charge in [-0.05, 0) is 19.3 Å². The number of carbonyl (C=O) groups excluding carboxylic acids is 2. The van der Waals surface area contributed by atoms with Crippen LogP contribution in [0.1, 0.15) is 42.7 Å². The Kier molecular flexibility index (Phi) is 3.70. The molecule has 0 spiro atoms. The highest BCUT2D eigenvalue weighted by Crippen LogP contribution is 2.31. The SMILES string of the molecule is CC(=O)Nc1nc(C(=O)Nc2cnn(C3CCC3)c2)cs1. The fourth-order valence-corrected chi connectivity index (χ4v) is 2.77. The fourth-order valence-electron chi connectivity index (χ4n) is 2.03. The fraction of sp³-hybridized carbons (Fsp3) is 0.385. The molecule has 0 radical (unpaired) electrons. The molecule has 3 rings (SSSR count). The molecule has 0 aromatic carbocycles. The standard InChI is InChI=1S/C13H15N5O2S/c1-8(19)15-13-17-11(7-21-13)12(20)16-9-5-14-18(6-9)10-3-2-4-10/h5-7,10H,2-4H2,1H3,(H,16,20)(H,15,17,19). The molecule has 1 aliphatic rings. The normalized spacial score (nSPS) is 14.5. The lowest BCUT2D eigenvalue weighted by atomic mass is 9.93. The first-order chi connectivity index (χ1) is 10.1. The summed E-state index contributed by atoms with van der Waals surface area (Å²) in [6, 6.07) is 0.460. The topological polar surface area (TPSA) is 88.9 Å². The first-order valence-electron chi connectivity index (χ1n) is 6.70.